The summed E-state index contributed by atoms with van der Waals surface area (Å²) < 4.78 is 5.27. The van der Waals surface area contributed by atoms with Crippen molar-refractivity contribution >= 4 is 34.7 Å². The summed E-state index contributed by atoms with van der Waals surface area (Å²) >= 11 is 6.03. The molecule has 4 rings (SSSR count). The molecule has 1 aromatic heterocycles. The number of hydrogen-bond donors (Lipinski definition) is 2. The van der Waals surface area contributed by atoms with Gasteiger partial charge in [-0.05, 0) is 55.5 Å². The van der Waals surface area contributed by atoms with E-state index >= 15 is 0 Å². The first-order valence-corrected chi connectivity index (χ1v) is 10.3. The Morgan fingerprint density at radius 2 is 1.72 bits per heavy atom. The third-order valence-electron chi connectivity index (χ3n) is 4.79. The molecule has 3 aromatic carbocycles. The second-order valence-electron chi connectivity index (χ2n) is 7.13. The smallest absolute Gasteiger partial charge is 0.255 e. The lowest BCUT2D eigenvalue weighted by Crippen LogP contribution is -2.12. The zero-order chi connectivity index (χ0) is 22.5. The van der Waals surface area contributed by atoms with Gasteiger partial charge in [-0.3, -0.25) is 4.79 Å². The second kappa shape index (κ2) is 9.49. The molecule has 0 fully saturated rings. The number of rotatable bonds is 6. The van der Waals surface area contributed by atoms with E-state index in [1.807, 2.05) is 43.3 Å². The maximum atomic E-state index is 12.6. The van der Waals surface area contributed by atoms with Gasteiger partial charge in [0.1, 0.15) is 11.6 Å². The number of nitrogens with one attached hydrogen (secondary N) is 2. The van der Waals surface area contributed by atoms with Crippen molar-refractivity contribution in [2.24, 2.45) is 0 Å². The topological polar surface area (TPSA) is 76.1 Å². The van der Waals surface area contributed by atoms with Crippen molar-refractivity contribution < 1.29 is 9.53 Å². The summed E-state index contributed by atoms with van der Waals surface area (Å²) in [6, 6.07) is 22.0. The Kier molecular flexibility index (Phi) is 6.33. The van der Waals surface area contributed by atoms with Crippen LogP contribution in [-0.4, -0.2) is 23.0 Å². The van der Waals surface area contributed by atoms with E-state index in [1.54, 1.807) is 42.6 Å². The third kappa shape index (κ3) is 5.04. The average molecular weight is 445 g/mol. The molecule has 7 heteroatoms. The van der Waals surface area contributed by atoms with Gasteiger partial charge in [-0.25, -0.2) is 9.97 Å². The lowest BCUT2D eigenvalue weighted by atomic mass is 10.1. The Balaban J connectivity index is 1.46. The molecule has 0 aliphatic heterocycles. The molecule has 0 aliphatic carbocycles. The number of benzene rings is 3. The van der Waals surface area contributed by atoms with Gasteiger partial charge in [0.2, 0.25) is 0 Å². The molecule has 0 saturated heterocycles. The molecular formula is C25H21ClN4O2. The number of carbonyl (C=O) groups is 1. The largest absolute Gasteiger partial charge is 0.495 e. The highest BCUT2D eigenvalue weighted by molar-refractivity contribution is 6.31. The van der Waals surface area contributed by atoms with Crippen LogP contribution in [0.15, 0.2) is 79.0 Å². The predicted octanol–water partition coefficient (Wildman–Crippen LogP) is 6.11. The van der Waals surface area contributed by atoms with Crippen molar-refractivity contribution in [2.45, 2.75) is 6.92 Å². The van der Waals surface area contributed by atoms with Crippen LogP contribution in [0.1, 0.15) is 15.9 Å². The Hall–Kier alpha value is -3.90. The lowest BCUT2D eigenvalue weighted by Gasteiger charge is -2.11. The Morgan fingerprint density at radius 1 is 0.969 bits per heavy atom. The lowest BCUT2D eigenvalue weighted by molar-refractivity contribution is 0.102. The number of hydrogen-bond acceptors (Lipinski definition) is 5. The zero-order valence-electron chi connectivity index (χ0n) is 17.6. The van der Waals surface area contributed by atoms with Crippen LogP contribution in [0.3, 0.4) is 0 Å². The number of nitrogens with zero attached hydrogens (tertiary/aromatic N) is 2. The first kappa shape index (κ1) is 21.3. The molecule has 0 unspecified atom stereocenters. The van der Waals surface area contributed by atoms with Gasteiger partial charge in [-0.1, -0.05) is 41.4 Å². The number of halogens is 1. The maximum absolute atomic E-state index is 12.6. The van der Waals surface area contributed by atoms with E-state index in [4.69, 9.17) is 16.3 Å². The molecule has 0 bridgehead atoms. The van der Waals surface area contributed by atoms with Gasteiger partial charge < -0.3 is 15.4 Å². The summed E-state index contributed by atoms with van der Waals surface area (Å²) in [5.41, 5.74) is 3.94. The fourth-order valence-corrected chi connectivity index (χ4v) is 3.27. The highest BCUT2D eigenvalue weighted by atomic mass is 35.5. The minimum atomic E-state index is -0.263. The van der Waals surface area contributed by atoms with Crippen LogP contribution >= 0.6 is 11.6 Å². The van der Waals surface area contributed by atoms with Gasteiger partial charge in [0.05, 0.1) is 12.8 Å². The summed E-state index contributed by atoms with van der Waals surface area (Å²) in [4.78, 5) is 21.6. The number of amides is 1. The van der Waals surface area contributed by atoms with Gasteiger partial charge >= 0.3 is 0 Å². The van der Waals surface area contributed by atoms with Crippen LogP contribution in [-0.2, 0) is 0 Å². The van der Waals surface area contributed by atoms with Gasteiger partial charge in [0.25, 0.3) is 5.91 Å². The van der Waals surface area contributed by atoms with Crippen molar-refractivity contribution in [3.8, 4) is 17.1 Å². The van der Waals surface area contributed by atoms with Crippen LogP contribution < -0.4 is 15.4 Å². The number of carbonyl (C=O) groups excluding carboxylic acids is 1. The van der Waals surface area contributed by atoms with E-state index in [2.05, 4.69) is 20.6 Å². The molecule has 160 valence electrons. The van der Waals surface area contributed by atoms with E-state index < -0.39 is 0 Å². The summed E-state index contributed by atoms with van der Waals surface area (Å²) in [6.07, 6.45) is 1.71. The Bertz CT molecular complexity index is 1240. The number of methoxy groups -OCH3 is 1. The molecule has 1 amide bonds. The molecule has 1 heterocycles. The van der Waals surface area contributed by atoms with Gasteiger partial charge in [0, 0.05) is 28.0 Å². The van der Waals surface area contributed by atoms with Crippen LogP contribution in [0.25, 0.3) is 11.4 Å². The van der Waals surface area contributed by atoms with Crippen LogP contribution in [0, 0.1) is 6.92 Å². The summed E-state index contributed by atoms with van der Waals surface area (Å²) in [5, 5.41) is 6.58. The summed E-state index contributed by atoms with van der Waals surface area (Å²) in [5.74, 6) is 1.58. The highest BCUT2D eigenvalue weighted by Crippen LogP contribution is 2.28. The predicted molar refractivity (Wildman–Crippen MR) is 128 cm³/mol. The molecule has 0 aliphatic rings. The Labute approximate surface area is 191 Å². The highest BCUT2D eigenvalue weighted by Gasteiger charge is 2.11. The van der Waals surface area contributed by atoms with Crippen LogP contribution in [0.2, 0.25) is 5.02 Å². The maximum Gasteiger partial charge on any atom is 0.255 e. The summed E-state index contributed by atoms with van der Waals surface area (Å²) in [6.45, 7) is 2.04. The SMILES string of the molecule is COc1ccc(Cl)cc1NC(=O)c1ccc(Nc2ccnc(-c3ccc(C)cc3)n2)cc1. The molecule has 0 radical (unpaired) electrons. The van der Waals surface area contributed by atoms with Gasteiger partial charge in [0.15, 0.2) is 5.82 Å². The molecule has 4 aromatic rings. The second-order valence-corrected chi connectivity index (χ2v) is 7.57. The molecule has 2 N–H and O–H groups in total. The molecule has 0 atom stereocenters. The third-order valence-corrected chi connectivity index (χ3v) is 5.03. The quantitative estimate of drug-likeness (QED) is 0.375. The summed E-state index contributed by atoms with van der Waals surface area (Å²) in [7, 11) is 1.54. The monoisotopic (exact) mass is 444 g/mol. The average Bonchev–Trinajstić information content (AvgIpc) is 2.80. The van der Waals surface area contributed by atoms with Crippen molar-refractivity contribution in [3.63, 3.8) is 0 Å². The Morgan fingerprint density at radius 3 is 2.44 bits per heavy atom. The first-order valence-electron chi connectivity index (χ1n) is 9.94. The van der Waals surface area contributed by atoms with E-state index in [1.165, 1.54) is 12.7 Å². The number of ether oxygens (including phenoxy) is 1. The molecular weight excluding hydrogens is 424 g/mol. The first-order chi connectivity index (χ1) is 15.5. The van der Waals surface area contributed by atoms with Crippen LogP contribution in [0.5, 0.6) is 5.75 Å². The molecule has 6 nitrogen and oxygen atoms in total. The molecule has 32 heavy (non-hydrogen) atoms. The van der Waals surface area contributed by atoms with Crippen molar-refractivity contribution in [1.29, 1.82) is 0 Å². The standard InChI is InChI=1S/C25H21ClN4O2/c1-16-3-5-17(6-4-16)24-27-14-13-23(30-24)28-20-10-7-18(8-11-20)25(31)29-21-15-19(26)9-12-22(21)32-2/h3-15H,1-2H3,(H,29,31)(H,27,28,30). The minimum absolute atomic E-state index is 0.263. The fourth-order valence-electron chi connectivity index (χ4n) is 3.10. The minimum Gasteiger partial charge on any atom is -0.495 e. The molecule has 0 spiro atoms. The van der Waals surface area contributed by atoms with E-state index in [0.717, 1.165) is 11.3 Å². The van der Waals surface area contributed by atoms with E-state index in [0.29, 0.717) is 33.7 Å². The van der Waals surface area contributed by atoms with Crippen molar-refractivity contribution in [1.82, 2.24) is 9.97 Å². The van der Waals surface area contributed by atoms with Crippen LogP contribution in [0.4, 0.5) is 17.2 Å². The van der Waals surface area contributed by atoms with E-state index in [9.17, 15) is 4.79 Å². The molecule has 0 saturated carbocycles. The fraction of sp³-hybridized carbons (Fsp3) is 0.0800. The normalized spacial score (nSPS) is 10.5. The number of aromatic nitrogens is 2. The van der Waals surface area contributed by atoms with Gasteiger partial charge in [-0.15, -0.1) is 0 Å². The van der Waals surface area contributed by atoms with E-state index in [-0.39, 0.29) is 5.91 Å². The zero-order valence-corrected chi connectivity index (χ0v) is 18.4. The van der Waals surface area contributed by atoms with Crippen molar-refractivity contribution in [3.05, 3.63) is 95.1 Å². The number of aryl methyl sites for hydroxylation is 1. The number of anilines is 3. The van der Waals surface area contributed by atoms with Crippen molar-refractivity contribution in [2.75, 3.05) is 17.7 Å². The van der Waals surface area contributed by atoms with Gasteiger partial charge in [-0.2, -0.15) is 0 Å².